The summed E-state index contributed by atoms with van der Waals surface area (Å²) in [5, 5.41) is 9.41. The molecule has 0 saturated heterocycles. The average molecular weight is 395 g/mol. The Hall–Kier alpha value is -0.870. The first-order valence-electron chi connectivity index (χ1n) is 7.53. The average Bonchev–Trinajstić information content (AvgIpc) is 2.42. The zero-order valence-corrected chi connectivity index (χ0v) is 15.2. The minimum absolute atomic E-state index is 0.101. The van der Waals surface area contributed by atoms with Crippen molar-refractivity contribution in [3.8, 4) is 0 Å². The number of hydrogen-bond donors (Lipinski definition) is 1. The van der Waals surface area contributed by atoms with Crippen LogP contribution in [0.15, 0.2) is 48.5 Å². The van der Waals surface area contributed by atoms with Gasteiger partial charge in [0.05, 0.1) is 6.10 Å². The molecule has 1 nitrogen and oxygen atoms in total. The minimum Gasteiger partial charge on any atom is -0.393 e. The predicted molar refractivity (Wildman–Crippen MR) is 84.2 cm³/mol. The van der Waals surface area contributed by atoms with Crippen LogP contribution in [-0.4, -0.2) is 11.2 Å². The highest BCUT2D eigenvalue weighted by Gasteiger charge is 2.15. The SMILES string of the molecule is CC(C)Cc1ccc([I+]c2ccc(CC(C)O)cc2)cc1. The van der Waals surface area contributed by atoms with Gasteiger partial charge < -0.3 is 5.11 Å². The lowest BCUT2D eigenvalue weighted by Gasteiger charge is -2.03. The van der Waals surface area contributed by atoms with Gasteiger partial charge in [-0.2, -0.15) is 0 Å². The first-order chi connectivity index (χ1) is 10.0. The van der Waals surface area contributed by atoms with E-state index in [2.05, 4.69) is 62.4 Å². The topological polar surface area (TPSA) is 20.2 Å². The van der Waals surface area contributed by atoms with Crippen LogP contribution in [0.3, 0.4) is 0 Å². The summed E-state index contributed by atoms with van der Waals surface area (Å²) < 4.78 is 2.89. The Bertz CT molecular complexity index is 489. The Kier molecular flexibility index (Phi) is 6.24. The second kappa shape index (κ2) is 7.95. The third-order valence-electron chi connectivity index (χ3n) is 3.22. The monoisotopic (exact) mass is 395 g/mol. The minimum atomic E-state index is -0.265. The van der Waals surface area contributed by atoms with E-state index < -0.39 is 0 Å². The Morgan fingerprint density at radius 2 is 1.19 bits per heavy atom. The van der Waals surface area contributed by atoms with Crippen molar-refractivity contribution in [1.82, 2.24) is 0 Å². The molecule has 112 valence electrons. The molecule has 0 bridgehead atoms. The highest BCUT2D eigenvalue weighted by Crippen LogP contribution is 2.06. The number of benzene rings is 2. The molecule has 0 saturated carbocycles. The maximum atomic E-state index is 9.41. The smallest absolute Gasteiger partial charge is 0.357 e. The summed E-state index contributed by atoms with van der Waals surface area (Å²) in [6.07, 6.45) is 1.63. The summed E-state index contributed by atoms with van der Waals surface area (Å²) in [5.74, 6) is 0.715. The van der Waals surface area contributed by atoms with E-state index in [9.17, 15) is 5.11 Å². The first-order valence-corrected chi connectivity index (χ1v) is 9.69. The van der Waals surface area contributed by atoms with Crippen molar-refractivity contribution in [2.24, 2.45) is 5.92 Å². The standard InChI is InChI=1S/C19H24IO/c1-14(2)12-16-4-8-18(9-5-16)20-19-10-6-17(7-11-19)13-15(3)21/h4-11,14-15,21H,12-13H2,1-3H3/q+1. The van der Waals surface area contributed by atoms with Crippen LogP contribution in [0.25, 0.3) is 0 Å². The molecule has 2 rings (SSSR count). The van der Waals surface area contributed by atoms with Gasteiger partial charge in [-0.25, -0.2) is 0 Å². The van der Waals surface area contributed by atoms with Crippen molar-refractivity contribution in [2.45, 2.75) is 39.7 Å². The Balaban J connectivity index is 1.97. The van der Waals surface area contributed by atoms with Gasteiger partial charge in [0.25, 0.3) is 0 Å². The van der Waals surface area contributed by atoms with E-state index in [0.29, 0.717) is 5.92 Å². The van der Waals surface area contributed by atoms with Crippen LogP contribution in [0.5, 0.6) is 0 Å². The molecule has 21 heavy (non-hydrogen) atoms. The summed E-state index contributed by atoms with van der Waals surface area (Å²) in [7, 11) is 0. The van der Waals surface area contributed by atoms with Crippen LogP contribution < -0.4 is 21.2 Å². The van der Waals surface area contributed by atoms with Crippen molar-refractivity contribution < 1.29 is 26.3 Å². The van der Waals surface area contributed by atoms with Crippen molar-refractivity contribution in [3.63, 3.8) is 0 Å². The van der Waals surface area contributed by atoms with Crippen LogP contribution >= 0.6 is 0 Å². The molecule has 0 aliphatic rings. The molecule has 2 aromatic carbocycles. The van der Waals surface area contributed by atoms with E-state index >= 15 is 0 Å². The molecule has 0 radical (unpaired) electrons. The van der Waals surface area contributed by atoms with E-state index in [-0.39, 0.29) is 27.3 Å². The van der Waals surface area contributed by atoms with Crippen LogP contribution in [0.2, 0.25) is 0 Å². The van der Waals surface area contributed by atoms with Gasteiger partial charge >= 0.3 is 21.2 Å². The fraction of sp³-hybridized carbons (Fsp3) is 0.368. The number of aliphatic hydroxyl groups excluding tert-OH is 1. The molecule has 0 fully saturated rings. The van der Waals surface area contributed by atoms with Gasteiger partial charge in [0.2, 0.25) is 0 Å². The highest BCUT2D eigenvalue weighted by atomic mass is 127. The number of aliphatic hydroxyl groups is 1. The van der Waals surface area contributed by atoms with Gasteiger partial charge in [-0.15, -0.1) is 0 Å². The van der Waals surface area contributed by atoms with Gasteiger partial charge in [0.15, 0.2) is 7.14 Å². The van der Waals surface area contributed by atoms with Gasteiger partial charge in [0.1, 0.15) is 0 Å². The Labute approximate surface area is 138 Å². The van der Waals surface area contributed by atoms with E-state index in [1.165, 1.54) is 18.3 Å². The quantitative estimate of drug-likeness (QED) is 0.722. The molecule has 2 aromatic rings. The molecule has 0 heterocycles. The van der Waals surface area contributed by atoms with Crippen molar-refractivity contribution in [2.75, 3.05) is 0 Å². The Morgan fingerprint density at radius 1 is 0.762 bits per heavy atom. The maximum Gasteiger partial charge on any atom is 0.357 e. The fourth-order valence-corrected chi connectivity index (χ4v) is 4.46. The number of halogens is 1. The third-order valence-corrected chi connectivity index (χ3v) is 5.90. The molecule has 2 heteroatoms. The van der Waals surface area contributed by atoms with E-state index in [0.717, 1.165) is 12.8 Å². The van der Waals surface area contributed by atoms with Crippen LogP contribution in [-0.2, 0) is 12.8 Å². The molecule has 1 unspecified atom stereocenters. The number of rotatable bonds is 6. The zero-order chi connectivity index (χ0) is 15.2. The van der Waals surface area contributed by atoms with E-state index in [1.807, 2.05) is 6.92 Å². The normalized spacial score (nSPS) is 12.6. The maximum absolute atomic E-state index is 9.41. The van der Waals surface area contributed by atoms with E-state index in [1.54, 1.807) is 0 Å². The lowest BCUT2D eigenvalue weighted by Crippen LogP contribution is -3.61. The second-order valence-electron chi connectivity index (χ2n) is 6.00. The first kappa shape index (κ1) is 16.5. The Morgan fingerprint density at radius 3 is 1.57 bits per heavy atom. The lowest BCUT2D eigenvalue weighted by molar-refractivity contribution is -0.597. The lowest BCUT2D eigenvalue weighted by atomic mass is 10.0. The summed E-state index contributed by atoms with van der Waals surface area (Å²) in [6.45, 7) is 6.35. The van der Waals surface area contributed by atoms with Crippen molar-refractivity contribution in [1.29, 1.82) is 0 Å². The van der Waals surface area contributed by atoms with Gasteiger partial charge in [-0.3, -0.25) is 0 Å². The molecule has 1 N–H and O–H groups in total. The van der Waals surface area contributed by atoms with Crippen molar-refractivity contribution in [3.05, 3.63) is 66.8 Å². The second-order valence-corrected chi connectivity index (χ2v) is 9.03. The molecule has 1 atom stereocenters. The molecular weight excluding hydrogens is 371 g/mol. The number of hydrogen-bond acceptors (Lipinski definition) is 1. The van der Waals surface area contributed by atoms with E-state index in [4.69, 9.17) is 0 Å². The van der Waals surface area contributed by atoms with Gasteiger partial charge in [-0.1, -0.05) is 38.1 Å². The molecule has 0 aliphatic heterocycles. The largest absolute Gasteiger partial charge is 0.393 e. The highest BCUT2D eigenvalue weighted by molar-refractivity contribution is 5.17. The summed E-state index contributed by atoms with van der Waals surface area (Å²) in [4.78, 5) is 0. The molecule has 0 aliphatic carbocycles. The molecule has 0 aromatic heterocycles. The van der Waals surface area contributed by atoms with Crippen LogP contribution in [0.4, 0.5) is 0 Å². The fourth-order valence-electron chi connectivity index (χ4n) is 2.31. The van der Waals surface area contributed by atoms with Crippen LogP contribution in [0.1, 0.15) is 31.9 Å². The zero-order valence-electron chi connectivity index (χ0n) is 13.0. The summed E-state index contributed by atoms with van der Waals surface area (Å²) >= 11 is -0.101. The van der Waals surface area contributed by atoms with Crippen LogP contribution in [0, 0.1) is 13.1 Å². The molecule has 0 amide bonds. The van der Waals surface area contributed by atoms with Crippen molar-refractivity contribution >= 4 is 0 Å². The van der Waals surface area contributed by atoms with Gasteiger partial charge in [-0.05, 0) is 61.1 Å². The molecule has 0 spiro atoms. The third kappa shape index (κ3) is 5.79. The molecular formula is C19H24IO+. The summed E-state index contributed by atoms with van der Waals surface area (Å²) in [5.41, 5.74) is 2.65. The summed E-state index contributed by atoms with van der Waals surface area (Å²) in [6, 6.07) is 17.8. The predicted octanol–water partition coefficient (Wildman–Crippen LogP) is 0.937. The van der Waals surface area contributed by atoms with Gasteiger partial charge in [0, 0.05) is 0 Å².